The van der Waals surface area contributed by atoms with Crippen molar-refractivity contribution in [1.82, 2.24) is 0 Å². The first-order chi connectivity index (χ1) is 13.3. The molecule has 0 fully saturated rings. The fourth-order valence-electron chi connectivity index (χ4n) is 2.85. The van der Waals surface area contributed by atoms with E-state index in [2.05, 4.69) is 19.2 Å². The number of hydrogen-bond acceptors (Lipinski definition) is 4. The predicted octanol–water partition coefficient (Wildman–Crippen LogP) is 4.78. The summed E-state index contributed by atoms with van der Waals surface area (Å²) in [6, 6.07) is 12.8. The Hall–Kier alpha value is -2.82. The lowest BCUT2D eigenvalue weighted by molar-refractivity contribution is -0.154. The normalized spacial score (nSPS) is 11.8. The molecule has 1 unspecified atom stereocenters. The van der Waals surface area contributed by atoms with Crippen LogP contribution in [0.1, 0.15) is 56.1 Å². The molecule has 1 amide bonds. The highest BCUT2D eigenvalue weighted by Gasteiger charge is 2.18. The summed E-state index contributed by atoms with van der Waals surface area (Å²) in [4.78, 5) is 24.5. The van der Waals surface area contributed by atoms with Gasteiger partial charge >= 0.3 is 5.97 Å². The molecular weight excluding hydrogens is 354 g/mol. The summed E-state index contributed by atoms with van der Waals surface area (Å²) in [7, 11) is 0. The van der Waals surface area contributed by atoms with E-state index in [1.807, 2.05) is 18.2 Å². The molecular formula is C23H29NO4. The topological polar surface area (TPSA) is 64.6 Å². The molecule has 2 aromatic rings. The van der Waals surface area contributed by atoms with Crippen LogP contribution in [0.25, 0.3) is 0 Å². The first kappa shape index (κ1) is 21.5. The second-order valence-corrected chi connectivity index (χ2v) is 6.88. The minimum absolute atomic E-state index is 0.172. The molecule has 0 radical (unpaired) electrons. The van der Waals surface area contributed by atoms with Gasteiger partial charge in [0.2, 0.25) is 0 Å². The summed E-state index contributed by atoms with van der Waals surface area (Å²) in [5, 5.41) is 3.04. The summed E-state index contributed by atoms with van der Waals surface area (Å²) in [5.74, 6) is -0.0811. The number of para-hydroxylation sites is 1. The Morgan fingerprint density at radius 2 is 1.50 bits per heavy atom. The van der Waals surface area contributed by atoms with Crippen molar-refractivity contribution in [2.45, 2.75) is 59.7 Å². The molecule has 0 aliphatic rings. The number of aryl methyl sites for hydroxylation is 2. The number of ether oxygens (including phenoxy) is 2. The molecule has 150 valence electrons. The second kappa shape index (κ2) is 9.93. The van der Waals surface area contributed by atoms with E-state index in [9.17, 15) is 9.59 Å². The standard InChI is InChI=1S/C23H29NO4/c1-6-17-9-8-10-18(7-2)21(17)24-22(25)19-11-13-20(14-12-19)28-16(5)23(26)27-15(3)4/h8-16H,6-7H2,1-5H3,(H,24,25). The van der Waals surface area contributed by atoms with E-state index >= 15 is 0 Å². The fraction of sp³-hybridized carbons (Fsp3) is 0.391. The van der Waals surface area contributed by atoms with E-state index in [1.165, 1.54) is 0 Å². The molecule has 0 heterocycles. The molecule has 5 nitrogen and oxygen atoms in total. The average molecular weight is 383 g/mol. The lowest BCUT2D eigenvalue weighted by Gasteiger charge is -2.16. The highest BCUT2D eigenvalue weighted by Crippen LogP contribution is 2.24. The third-order valence-corrected chi connectivity index (χ3v) is 4.35. The van der Waals surface area contributed by atoms with Gasteiger partial charge in [0.1, 0.15) is 5.75 Å². The molecule has 0 bridgehead atoms. The highest BCUT2D eigenvalue weighted by atomic mass is 16.6. The molecule has 1 N–H and O–H groups in total. The van der Waals surface area contributed by atoms with Crippen LogP contribution in [0.15, 0.2) is 42.5 Å². The minimum Gasteiger partial charge on any atom is -0.479 e. The Morgan fingerprint density at radius 1 is 0.929 bits per heavy atom. The van der Waals surface area contributed by atoms with Gasteiger partial charge in [0.05, 0.1) is 6.10 Å². The molecule has 5 heteroatoms. The summed E-state index contributed by atoms with van der Waals surface area (Å²) >= 11 is 0. The lowest BCUT2D eigenvalue weighted by atomic mass is 10.0. The van der Waals surface area contributed by atoms with Crippen molar-refractivity contribution in [3.8, 4) is 5.75 Å². The molecule has 0 aromatic heterocycles. The summed E-state index contributed by atoms with van der Waals surface area (Å²) in [5.41, 5.74) is 3.65. The number of carbonyl (C=O) groups is 2. The molecule has 1 atom stereocenters. The number of rotatable bonds is 8. The summed E-state index contributed by atoms with van der Waals surface area (Å²) < 4.78 is 10.7. The Morgan fingerprint density at radius 3 is 2.00 bits per heavy atom. The first-order valence-corrected chi connectivity index (χ1v) is 9.75. The van der Waals surface area contributed by atoms with Crippen LogP contribution in [-0.4, -0.2) is 24.1 Å². The fourth-order valence-corrected chi connectivity index (χ4v) is 2.85. The number of carbonyl (C=O) groups excluding carboxylic acids is 2. The lowest BCUT2D eigenvalue weighted by Crippen LogP contribution is -2.28. The van der Waals surface area contributed by atoms with E-state index in [4.69, 9.17) is 9.47 Å². The minimum atomic E-state index is -0.717. The van der Waals surface area contributed by atoms with Gasteiger partial charge in [-0.3, -0.25) is 4.79 Å². The number of anilines is 1. The van der Waals surface area contributed by atoms with Crippen LogP contribution in [0, 0.1) is 0 Å². The smallest absolute Gasteiger partial charge is 0.347 e. The van der Waals surface area contributed by atoms with Gasteiger partial charge in [-0.05, 0) is 69.0 Å². The molecule has 28 heavy (non-hydrogen) atoms. The number of benzene rings is 2. The third-order valence-electron chi connectivity index (χ3n) is 4.35. The maximum absolute atomic E-state index is 12.7. The molecule has 0 aliphatic carbocycles. The number of nitrogens with one attached hydrogen (secondary N) is 1. The monoisotopic (exact) mass is 383 g/mol. The van der Waals surface area contributed by atoms with Gasteiger partial charge in [-0.25, -0.2) is 4.79 Å². The van der Waals surface area contributed by atoms with Crippen LogP contribution in [-0.2, 0) is 22.4 Å². The van der Waals surface area contributed by atoms with Crippen molar-refractivity contribution >= 4 is 17.6 Å². The SMILES string of the molecule is CCc1cccc(CC)c1NC(=O)c1ccc(OC(C)C(=O)OC(C)C)cc1. The largest absolute Gasteiger partial charge is 0.479 e. The van der Waals surface area contributed by atoms with Crippen molar-refractivity contribution < 1.29 is 19.1 Å². The molecule has 0 saturated heterocycles. The van der Waals surface area contributed by atoms with E-state index in [1.54, 1.807) is 45.0 Å². The van der Waals surface area contributed by atoms with Gasteiger partial charge in [0.15, 0.2) is 6.10 Å². The van der Waals surface area contributed by atoms with Gasteiger partial charge in [-0.2, -0.15) is 0 Å². The molecule has 0 saturated carbocycles. The maximum atomic E-state index is 12.7. The number of esters is 1. The molecule has 2 aromatic carbocycles. The van der Waals surface area contributed by atoms with Gasteiger partial charge in [-0.1, -0.05) is 32.0 Å². The van der Waals surface area contributed by atoms with Crippen LogP contribution < -0.4 is 10.1 Å². The van der Waals surface area contributed by atoms with Crippen LogP contribution in [0.3, 0.4) is 0 Å². The third kappa shape index (κ3) is 5.59. The number of hydrogen-bond donors (Lipinski definition) is 1. The van der Waals surface area contributed by atoms with E-state index in [-0.39, 0.29) is 12.0 Å². The van der Waals surface area contributed by atoms with Gasteiger partial charge in [0, 0.05) is 11.3 Å². The van der Waals surface area contributed by atoms with E-state index in [0.717, 1.165) is 29.7 Å². The van der Waals surface area contributed by atoms with Gasteiger partial charge < -0.3 is 14.8 Å². The molecule has 0 aliphatic heterocycles. The summed E-state index contributed by atoms with van der Waals surface area (Å²) in [6.45, 7) is 9.36. The van der Waals surface area contributed by atoms with Crippen LogP contribution in [0.5, 0.6) is 5.75 Å². The predicted molar refractivity (Wildman–Crippen MR) is 111 cm³/mol. The van der Waals surface area contributed by atoms with Crippen molar-refractivity contribution in [1.29, 1.82) is 0 Å². The van der Waals surface area contributed by atoms with Crippen molar-refractivity contribution in [3.05, 3.63) is 59.2 Å². The molecule has 0 spiro atoms. The average Bonchev–Trinajstić information content (AvgIpc) is 2.68. The Bertz CT molecular complexity index is 790. The maximum Gasteiger partial charge on any atom is 0.347 e. The quantitative estimate of drug-likeness (QED) is 0.666. The zero-order chi connectivity index (χ0) is 20.7. The van der Waals surface area contributed by atoms with Crippen molar-refractivity contribution in [2.24, 2.45) is 0 Å². The van der Waals surface area contributed by atoms with Crippen LogP contribution in [0.2, 0.25) is 0 Å². The number of amides is 1. The van der Waals surface area contributed by atoms with Crippen molar-refractivity contribution in [3.63, 3.8) is 0 Å². The molecule has 2 rings (SSSR count). The van der Waals surface area contributed by atoms with Crippen LogP contribution >= 0.6 is 0 Å². The summed E-state index contributed by atoms with van der Waals surface area (Å²) in [6.07, 6.45) is 0.788. The first-order valence-electron chi connectivity index (χ1n) is 9.75. The van der Waals surface area contributed by atoms with Gasteiger partial charge in [0.25, 0.3) is 5.91 Å². The zero-order valence-electron chi connectivity index (χ0n) is 17.2. The Kier molecular flexibility index (Phi) is 7.61. The van der Waals surface area contributed by atoms with Crippen molar-refractivity contribution in [2.75, 3.05) is 5.32 Å². The zero-order valence-corrected chi connectivity index (χ0v) is 17.2. The van der Waals surface area contributed by atoms with Gasteiger partial charge in [-0.15, -0.1) is 0 Å². The highest BCUT2D eigenvalue weighted by molar-refractivity contribution is 6.05. The van der Waals surface area contributed by atoms with E-state index in [0.29, 0.717) is 11.3 Å². The van der Waals surface area contributed by atoms with Crippen LogP contribution in [0.4, 0.5) is 5.69 Å². The van der Waals surface area contributed by atoms with E-state index < -0.39 is 12.1 Å². The Labute approximate surface area is 167 Å². The Balaban J connectivity index is 2.08. The second-order valence-electron chi connectivity index (χ2n) is 6.88.